The first-order valence-corrected chi connectivity index (χ1v) is 6.78. The van der Waals surface area contributed by atoms with Gasteiger partial charge in [0.1, 0.15) is 5.76 Å². The first-order chi connectivity index (χ1) is 10.5. The molecule has 6 nitrogen and oxygen atoms in total. The Kier molecular flexibility index (Phi) is 5.06. The highest BCUT2D eigenvalue weighted by molar-refractivity contribution is 6.31. The van der Waals surface area contributed by atoms with Crippen LogP contribution in [0.1, 0.15) is 27.4 Å². The molecule has 0 aliphatic carbocycles. The Bertz CT molecular complexity index is 709. The minimum absolute atomic E-state index is 0.0408. The van der Waals surface area contributed by atoms with Crippen molar-refractivity contribution in [3.8, 4) is 0 Å². The molecule has 0 fully saturated rings. The molecule has 0 aliphatic heterocycles. The van der Waals surface area contributed by atoms with Gasteiger partial charge < -0.3 is 19.7 Å². The van der Waals surface area contributed by atoms with Crippen LogP contribution in [0.15, 0.2) is 39.9 Å². The van der Waals surface area contributed by atoms with Crippen molar-refractivity contribution in [3.63, 3.8) is 0 Å². The molecule has 0 saturated heterocycles. The molecular weight excluding hydrogens is 308 g/mol. The van der Waals surface area contributed by atoms with E-state index in [1.54, 1.807) is 37.3 Å². The number of furan rings is 1. The molecule has 1 aromatic carbocycles. The summed E-state index contributed by atoms with van der Waals surface area (Å²) in [5, 5.41) is 4.35. The lowest BCUT2D eigenvalue weighted by Crippen LogP contribution is -2.13. The number of hydrogen-bond acceptors (Lipinski definition) is 5. The Morgan fingerprint density at radius 1 is 1.41 bits per heavy atom. The Balaban J connectivity index is 2.01. The van der Waals surface area contributed by atoms with Crippen LogP contribution in [-0.2, 0) is 16.2 Å². The quantitative estimate of drug-likeness (QED) is 0.396. The number of oxime groups is 1. The standard InChI is InChI=1S/C15H15ClN2O4/c1-9-6-12(22-13(9)15(19)20-2)8-21-18-14(17)10-4-3-5-11(16)7-10/h3-7H,8H2,1-2H3,(H2,17,18). The molecule has 0 aliphatic rings. The third-order valence-corrected chi connectivity index (χ3v) is 3.06. The van der Waals surface area contributed by atoms with Crippen LogP contribution in [0.4, 0.5) is 0 Å². The number of rotatable bonds is 5. The number of hydrogen-bond donors (Lipinski definition) is 1. The normalized spacial score (nSPS) is 11.3. The summed E-state index contributed by atoms with van der Waals surface area (Å²) in [7, 11) is 1.29. The number of amidine groups is 1. The van der Waals surface area contributed by atoms with E-state index in [-0.39, 0.29) is 18.2 Å². The Morgan fingerprint density at radius 2 is 2.18 bits per heavy atom. The smallest absolute Gasteiger partial charge is 0.374 e. The number of nitrogens with two attached hydrogens (primary N) is 1. The van der Waals surface area contributed by atoms with E-state index >= 15 is 0 Å². The maximum Gasteiger partial charge on any atom is 0.374 e. The van der Waals surface area contributed by atoms with Gasteiger partial charge >= 0.3 is 5.97 Å². The summed E-state index contributed by atoms with van der Waals surface area (Å²) >= 11 is 5.87. The van der Waals surface area contributed by atoms with Crippen LogP contribution in [0, 0.1) is 6.92 Å². The average molecular weight is 323 g/mol. The van der Waals surface area contributed by atoms with Crippen molar-refractivity contribution in [3.05, 3.63) is 58.0 Å². The second-order valence-electron chi connectivity index (χ2n) is 4.48. The summed E-state index contributed by atoms with van der Waals surface area (Å²) < 4.78 is 9.95. The highest BCUT2D eigenvalue weighted by atomic mass is 35.5. The Hall–Kier alpha value is -2.47. The van der Waals surface area contributed by atoms with Gasteiger partial charge in [-0.15, -0.1) is 0 Å². The van der Waals surface area contributed by atoms with Gasteiger partial charge in [-0.25, -0.2) is 4.79 Å². The van der Waals surface area contributed by atoms with E-state index < -0.39 is 5.97 Å². The Labute approximate surface area is 132 Å². The van der Waals surface area contributed by atoms with Crippen molar-refractivity contribution in [2.75, 3.05) is 7.11 Å². The van der Waals surface area contributed by atoms with Crippen LogP contribution in [0.25, 0.3) is 0 Å². The van der Waals surface area contributed by atoms with Gasteiger partial charge in [0.25, 0.3) is 0 Å². The molecule has 0 spiro atoms. The average Bonchev–Trinajstić information content (AvgIpc) is 2.87. The number of carbonyl (C=O) groups is 1. The summed E-state index contributed by atoms with van der Waals surface area (Å²) in [6.07, 6.45) is 0. The molecule has 0 amide bonds. The molecule has 2 N–H and O–H groups in total. The molecule has 0 saturated carbocycles. The molecule has 116 valence electrons. The van der Waals surface area contributed by atoms with E-state index in [0.29, 0.717) is 21.9 Å². The fraction of sp³-hybridized carbons (Fsp3) is 0.200. The maximum absolute atomic E-state index is 11.4. The molecule has 0 bridgehead atoms. The molecule has 0 atom stereocenters. The predicted octanol–water partition coefficient (Wildman–Crippen LogP) is 2.87. The van der Waals surface area contributed by atoms with Gasteiger partial charge in [0.05, 0.1) is 7.11 Å². The minimum Gasteiger partial charge on any atom is -0.463 e. The second-order valence-corrected chi connectivity index (χ2v) is 4.91. The first kappa shape index (κ1) is 15.9. The van der Waals surface area contributed by atoms with E-state index in [1.165, 1.54) is 7.11 Å². The van der Waals surface area contributed by atoms with E-state index in [1.807, 2.05) is 0 Å². The summed E-state index contributed by atoms with van der Waals surface area (Å²) in [4.78, 5) is 16.6. The molecule has 2 aromatic rings. The zero-order chi connectivity index (χ0) is 16.1. The van der Waals surface area contributed by atoms with Gasteiger partial charge in [0.15, 0.2) is 12.4 Å². The number of benzene rings is 1. The fourth-order valence-corrected chi connectivity index (χ4v) is 1.97. The Morgan fingerprint density at radius 3 is 2.86 bits per heavy atom. The van der Waals surface area contributed by atoms with Gasteiger partial charge in [-0.1, -0.05) is 28.9 Å². The van der Waals surface area contributed by atoms with Crippen molar-refractivity contribution in [2.24, 2.45) is 10.9 Å². The van der Waals surface area contributed by atoms with Crippen LogP contribution in [0.2, 0.25) is 5.02 Å². The number of nitrogens with zero attached hydrogens (tertiary/aromatic N) is 1. The summed E-state index contributed by atoms with van der Waals surface area (Å²) in [6, 6.07) is 8.62. The van der Waals surface area contributed by atoms with Crippen LogP contribution in [0.3, 0.4) is 0 Å². The van der Waals surface area contributed by atoms with Gasteiger partial charge in [-0.2, -0.15) is 0 Å². The van der Waals surface area contributed by atoms with Crippen molar-refractivity contribution in [1.29, 1.82) is 0 Å². The van der Waals surface area contributed by atoms with Crippen molar-refractivity contribution >= 4 is 23.4 Å². The van der Waals surface area contributed by atoms with E-state index in [2.05, 4.69) is 9.89 Å². The SMILES string of the molecule is COC(=O)c1oc(CO/N=C(/N)c2cccc(Cl)c2)cc1C. The molecule has 2 rings (SSSR count). The zero-order valence-electron chi connectivity index (χ0n) is 12.1. The minimum atomic E-state index is -0.536. The lowest BCUT2D eigenvalue weighted by Gasteiger charge is -2.01. The molecule has 0 unspecified atom stereocenters. The summed E-state index contributed by atoms with van der Waals surface area (Å²) in [5.74, 6) is 0.248. The lowest BCUT2D eigenvalue weighted by molar-refractivity contribution is 0.0552. The predicted molar refractivity (Wildman–Crippen MR) is 81.7 cm³/mol. The molecule has 22 heavy (non-hydrogen) atoms. The van der Waals surface area contributed by atoms with Crippen molar-refractivity contribution in [1.82, 2.24) is 0 Å². The van der Waals surface area contributed by atoms with Gasteiger partial charge in [-0.05, 0) is 25.1 Å². The van der Waals surface area contributed by atoms with E-state index in [0.717, 1.165) is 0 Å². The largest absolute Gasteiger partial charge is 0.463 e. The number of halogens is 1. The molecule has 0 radical (unpaired) electrons. The highest BCUT2D eigenvalue weighted by Crippen LogP contribution is 2.16. The van der Waals surface area contributed by atoms with Crippen molar-refractivity contribution in [2.45, 2.75) is 13.5 Å². The van der Waals surface area contributed by atoms with Crippen LogP contribution >= 0.6 is 11.6 Å². The van der Waals surface area contributed by atoms with Gasteiger partial charge in [0.2, 0.25) is 5.76 Å². The third-order valence-electron chi connectivity index (χ3n) is 2.83. The number of methoxy groups -OCH3 is 1. The van der Waals surface area contributed by atoms with Crippen LogP contribution < -0.4 is 5.73 Å². The molecular formula is C15H15ClN2O4. The fourth-order valence-electron chi connectivity index (χ4n) is 1.78. The van der Waals surface area contributed by atoms with Gasteiger partial charge in [-0.3, -0.25) is 0 Å². The maximum atomic E-state index is 11.4. The summed E-state index contributed by atoms with van der Waals surface area (Å²) in [5.41, 5.74) is 7.11. The van der Waals surface area contributed by atoms with Crippen LogP contribution in [-0.4, -0.2) is 18.9 Å². The lowest BCUT2D eigenvalue weighted by atomic mass is 10.2. The molecule has 7 heteroatoms. The number of esters is 1. The van der Waals surface area contributed by atoms with Crippen molar-refractivity contribution < 1.29 is 18.8 Å². The number of ether oxygens (including phenoxy) is 1. The topological polar surface area (TPSA) is 87.0 Å². The number of carbonyl (C=O) groups excluding carboxylic acids is 1. The third kappa shape index (κ3) is 3.79. The second kappa shape index (κ2) is 7.00. The number of aryl methyl sites for hydroxylation is 1. The van der Waals surface area contributed by atoms with Crippen LogP contribution in [0.5, 0.6) is 0 Å². The first-order valence-electron chi connectivity index (χ1n) is 6.40. The summed E-state index contributed by atoms with van der Waals surface area (Å²) in [6.45, 7) is 1.78. The highest BCUT2D eigenvalue weighted by Gasteiger charge is 2.16. The van der Waals surface area contributed by atoms with E-state index in [9.17, 15) is 4.79 Å². The van der Waals surface area contributed by atoms with E-state index in [4.69, 9.17) is 26.6 Å². The monoisotopic (exact) mass is 322 g/mol. The molecule has 1 heterocycles. The van der Waals surface area contributed by atoms with Gasteiger partial charge in [0, 0.05) is 16.1 Å². The zero-order valence-corrected chi connectivity index (χ0v) is 12.9. The molecule has 1 aromatic heterocycles.